The molecule has 216 valence electrons. The number of hydrogen-bond acceptors (Lipinski definition) is 6. The first kappa shape index (κ1) is 29.7. The zero-order valence-electron chi connectivity index (χ0n) is 23.5. The van der Waals surface area contributed by atoms with Crippen molar-refractivity contribution in [2.45, 2.75) is 39.4 Å². The maximum absolute atomic E-state index is 12.4. The first-order valence-corrected chi connectivity index (χ1v) is 13.2. The number of carboxylic acids is 1. The van der Waals surface area contributed by atoms with Crippen molar-refractivity contribution in [3.05, 3.63) is 114 Å². The summed E-state index contributed by atoms with van der Waals surface area (Å²) in [7, 11) is 0. The van der Waals surface area contributed by atoms with E-state index in [2.05, 4.69) is 10.6 Å². The standard InChI is InChI=1S/C33H32N2O7/c1-33(2,3)42-32(39)34-24-8-6-7-23(19-24)21-40-25-15-17-27(18-16-25)41-26-13-11-22(12-14-26)20-30(36)35-29-10-5-4-9-28(29)31(37)38/h4-19H,20-21H2,1-3H3,(H,34,39)(H,35,36)(H,37,38). The van der Waals surface area contributed by atoms with E-state index in [1.54, 1.807) is 93.6 Å². The van der Waals surface area contributed by atoms with Gasteiger partial charge in [0.15, 0.2) is 0 Å². The SMILES string of the molecule is CC(C)(C)OC(=O)Nc1cccc(COc2ccc(Oc3ccc(CC(=O)Nc4ccccc4C(=O)O)cc3)cc2)c1. The number of ether oxygens (including phenoxy) is 3. The predicted octanol–water partition coefficient (Wildman–Crippen LogP) is 7.28. The summed E-state index contributed by atoms with van der Waals surface area (Å²) < 4.78 is 17.1. The van der Waals surface area contributed by atoms with Crippen LogP contribution in [-0.4, -0.2) is 28.7 Å². The average molecular weight is 569 g/mol. The lowest BCUT2D eigenvalue weighted by atomic mass is 10.1. The molecule has 4 aromatic carbocycles. The van der Waals surface area contributed by atoms with E-state index in [9.17, 15) is 19.5 Å². The molecule has 0 heterocycles. The van der Waals surface area contributed by atoms with Crippen molar-refractivity contribution in [2.75, 3.05) is 10.6 Å². The molecular formula is C33H32N2O7. The van der Waals surface area contributed by atoms with Gasteiger partial charge in [0.25, 0.3) is 0 Å². The van der Waals surface area contributed by atoms with Crippen LogP contribution < -0.4 is 20.1 Å². The molecular weight excluding hydrogens is 536 g/mol. The van der Waals surface area contributed by atoms with Crippen molar-refractivity contribution in [3.63, 3.8) is 0 Å². The summed E-state index contributed by atoms with van der Waals surface area (Å²) in [6.45, 7) is 5.73. The van der Waals surface area contributed by atoms with Crippen LogP contribution in [0.3, 0.4) is 0 Å². The molecule has 0 saturated carbocycles. The van der Waals surface area contributed by atoms with E-state index in [0.717, 1.165) is 11.1 Å². The van der Waals surface area contributed by atoms with Crippen LogP contribution in [0, 0.1) is 0 Å². The molecule has 0 radical (unpaired) electrons. The molecule has 0 unspecified atom stereocenters. The summed E-state index contributed by atoms with van der Waals surface area (Å²) in [5, 5.41) is 14.7. The minimum atomic E-state index is -1.11. The van der Waals surface area contributed by atoms with Gasteiger partial charge in [-0.1, -0.05) is 36.4 Å². The Kier molecular flexibility index (Phi) is 9.44. The third kappa shape index (κ3) is 9.12. The van der Waals surface area contributed by atoms with Crippen LogP contribution in [0.25, 0.3) is 0 Å². The number of amides is 2. The molecule has 4 rings (SSSR count). The highest BCUT2D eigenvalue weighted by molar-refractivity contribution is 6.01. The first-order valence-electron chi connectivity index (χ1n) is 13.2. The molecule has 0 spiro atoms. The number of carboxylic acid groups (broad SMARTS) is 1. The fourth-order valence-electron chi connectivity index (χ4n) is 3.90. The van der Waals surface area contributed by atoms with Crippen LogP contribution in [0.2, 0.25) is 0 Å². The molecule has 0 aromatic heterocycles. The zero-order valence-corrected chi connectivity index (χ0v) is 23.5. The Morgan fingerprint density at radius 3 is 2.05 bits per heavy atom. The Bertz CT molecular complexity index is 1540. The molecule has 3 N–H and O–H groups in total. The van der Waals surface area contributed by atoms with Gasteiger partial charge in [-0.15, -0.1) is 0 Å². The van der Waals surface area contributed by atoms with E-state index in [1.807, 2.05) is 18.2 Å². The van der Waals surface area contributed by atoms with Gasteiger partial charge in [-0.2, -0.15) is 0 Å². The number of benzene rings is 4. The first-order chi connectivity index (χ1) is 20.0. The Morgan fingerprint density at radius 2 is 1.38 bits per heavy atom. The number of anilines is 2. The van der Waals surface area contributed by atoms with Crippen LogP contribution in [0.15, 0.2) is 97.1 Å². The van der Waals surface area contributed by atoms with E-state index < -0.39 is 17.7 Å². The summed E-state index contributed by atoms with van der Waals surface area (Å²) in [5.74, 6) is 0.434. The van der Waals surface area contributed by atoms with Gasteiger partial charge in [-0.3, -0.25) is 10.1 Å². The van der Waals surface area contributed by atoms with Crippen LogP contribution >= 0.6 is 0 Å². The smallest absolute Gasteiger partial charge is 0.412 e. The number of aromatic carboxylic acids is 1. The quantitative estimate of drug-likeness (QED) is 0.184. The minimum Gasteiger partial charge on any atom is -0.489 e. The highest BCUT2D eigenvalue weighted by atomic mass is 16.6. The Labute approximate surface area is 244 Å². The predicted molar refractivity (Wildman–Crippen MR) is 159 cm³/mol. The van der Waals surface area contributed by atoms with Crippen molar-refractivity contribution < 1.29 is 33.7 Å². The van der Waals surface area contributed by atoms with Crippen molar-refractivity contribution >= 4 is 29.3 Å². The molecule has 42 heavy (non-hydrogen) atoms. The molecule has 9 nitrogen and oxygen atoms in total. The summed E-state index contributed by atoms with van der Waals surface area (Å²) in [4.78, 5) is 35.8. The van der Waals surface area contributed by atoms with Crippen molar-refractivity contribution in [2.24, 2.45) is 0 Å². The summed E-state index contributed by atoms with van der Waals surface area (Å²) in [6, 6.07) is 27.9. The van der Waals surface area contributed by atoms with Gasteiger partial charge in [-0.05, 0) is 92.6 Å². The van der Waals surface area contributed by atoms with E-state index >= 15 is 0 Å². The van der Waals surface area contributed by atoms with Gasteiger partial charge in [0.1, 0.15) is 29.5 Å². The van der Waals surface area contributed by atoms with Crippen LogP contribution in [0.5, 0.6) is 17.2 Å². The third-order valence-electron chi connectivity index (χ3n) is 5.76. The molecule has 9 heteroatoms. The molecule has 0 aliphatic rings. The zero-order chi connectivity index (χ0) is 30.1. The van der Waals surface area contributed by atoms with Gasteiger partial charge in [0.2, 0.25) is 5.91 Å². The number of hydrogen-bond donors (Lipinski definition) is 3. The molecule has 0 aliphatic heterocycles. The number of nitrogens with one attached hydrogen (secondary N) is 2. The van der Waals surface area contributed by atoms with Gasteiger partial charge >= 0.3 is 12.1 Å². The Morgan fingerprint density at radius 1 is 0.738 bits per heavy atom. The fourth-order valence-corrected chi connectivity index (χ4v) is 3.90. The normalized spacial score (nSPS) is 10.8. The van der Waals surface area contributed by atoms with E-state index in [-0.39, 0.29) is 23.6 Å². The minimum absolute atomic E-state index is 0.0350. The summed E-state index contributed by atoms with van der Waals surface area (Å²) in [6.07, 6.45) is -0.435. The molecule has 0 aliphatic carbocycles. The Balaban J connectivity index is 1.26. The average Bonchev–Trinajstić information content (AvgIpc) is 2.93. The molecule has 0 atom stereocenters. The molecule has 0 fully saturated rings. The highest BCUT2D eigenvalue weighted by Gasteiger charge is 2.16. The van der Waals surface area contributed by atoms with Crippen LogP contribution in [0.1, 0.15) is 42.3 Å². The van der Waals surface area contributed by atoms with E-state index in [0.29, 0.717) is 29.5 Å². The lowest BCUT2D eigenvalue weighted by Gasteiger charge is -2.19. The second-order valence-corrected chi connectivity index (χ2v) is 10.4. The lowest BCUT2D eigenvalue weighted by Crippen LogP contribution is -2.27. The molecule has 2 amide bonds. The van der Waals surface area contributed by atoms with Gasteiger partial charge in [0.05, 0.1) is 17.7 Å². The number of carbonyl (C=O) groups is 3. The largest absolute Gasteiger partial charge is 0.489 e. The van der Waals surface area contributed by atoms with Crippen molar-refractivity contribution in [1.29, 1.82) is 0 Å². The number of carbonyl (C=O) groups excluding carboxylic acids is 2. The second kappa shape index (κ2) is 13.4. The van der Waals surface area contributed by atoms with Gasteiger partial charge in [-0.25, -0.2) is 9.59 Å². The van der Waals surface area contributed by atoms with E-state index in [4.69, 9.17) is 14.2 Å². The van der Waals surface area contributed by atoms with E-state index in [1.165, 1.54) is 6.07 Å². The molecule has 4 aromatic rings. The maximum Gasteiger partial charge on any atom is 0.412 e. The lowest BCUT2D eigenvalue weighted by molar-refractivity contribution is -0.115. The summed E-state index contributed by atoms with van der Waals surface area (Å²) in [5.41, 5.74) is 1.95. The van der Waals surface area contributed by atoms with Gasteiger partial charge in [0, 0.05) is 5.69 Å². The topological polar surface area (TPSA) is 123 Å². The molecule has 0 bridgehead atoms. The van der Waals surface area contributed by atoms with Crippen molar-refractivity contribution in [1.82, 2.24) is 0 Å². The fraction of sp³-hybridized carbons (Fsp3) is 0.182. The van der Waals surface area contributed by atoms with Crippen LogP contribution in [-0.2, 0) is 22.6 Å². The highest BCUT2D eigenvalue weighted by Crippen LogP contribution is 2.25. The monoisotopic (exact) mass is 568 g/mol. The Hall–Kier alpha value is -5.31. The summed E-state index contributed by atoms with van der Waals surface area (Å²) >= 11 is 0. The molecule has 0 saturated heterocycles. The second-order valence-electron chi connectivity index (χ2n) is 10.4. The van der Waals surface area contributed by atoms with Crippen molar-refractivity contribution in [3.8, 4) is 17.2 Å². The van der Waals surface area contributed by atoms with Crippen LogP contribution in [0.4, 0.5) is 16.2 Å². The van der Waals surface area contributed by atoms with Gasteiger partial charge < -0.3 is 24.6 Å². The maximum atomic E-state index is 12.4. The third-order valence-corrected chi connectivity index (χ3v) is 5.76. The number of rotatable bonds is 10. The number of para-hydroxylation sites is 1.